The highest BCUT2D eigenvalue weighted by molar-refractivity contribution is 7.08. The second-order valence-electron chi connectivity index (χ2n) is 4.70. The lowest BCUT2D eigenvalue weighted by atomic mass is 9.95. The van der Waals surface area contributed by atoms with Crippen LogP contribution in [0.5, 0.6) is 0 Å². The molecule has 1 fully saturated rings. The molecule has 2 heterocycles. The van der Waals surface area contributed by atoms with E-state index in [1.54, 1.807) is 18.7 Å². The number of nitrogens with zero attached hydrogens (tertiary/aromatic N) is 1. The molecular weight excluding hydrogens is 236 g/mol. The fraction of sp³-hybridized carbons (Fsp3) is 0.500. The number of nitrogens with one attached hydrogen (secondary N) is 1. The van der Waals surface area contributed by atoms with E-state index in [2.05, 4.69) is 5.32 Å². The summed E-state index contributed by atoms with van der Waals surface area (Å²) in [6.45, 7) is 5.38. The number of carbonyl (C=O) groups is 2. The van der Waals surface area contributed by atoms with Crippen molar-refractivity contribution in [3.05, 3.63) is 16.8 Å². The van der Waals surface area contributed by atoms with E-state index in [0.717, 1.165) is 5.69 Å². The van der Waals surface area contributed by atoms with Crippen LogP contribution in [0.15, 0.2) is 16.8 Å². The zero-order chi connectivity index (χ0) is 12.6. The van der Waals surface area contributed by atoms with Crippen molar-refractivity contribution < 1.29 is 9.59 Å². The van der Waals surface area contributed by atoms with Crippen LogP contribution in [-0.4, -0.2) is 23.4 Å². The number of carbonyl (C=O) groups excluding carboxylic acids is 2. The Labute approximate surface area is 105 Å². The first kappa shape index (κ1) is 12.1. The molecule has 1 saturated heterocycles. The molecule has 0 spiro atoms. The monoisotopic (exact) mass is 252 g/mol. The van der Waals surface area contributed by atoms with Gasteiger partial charge in [0.2, 0.25) is 5.91 Å². The van der Waals surface area contributed by atoms with Crippen molar-refractivity contribution in [3.8, 4) is 0 Å². The Morgan fingerprint density at radius 2 is 2.18 bits per heavy atom. The van der Waals surface area contributed by atoms with Gasteiger partial charge in [0.1, 0.15) is 11.6 Å². The fourth-order valence-corrected chi connectivity index (χ4v) is 2.69. The number of piperazine rings is 1. The van der Waals surface area contributed by atoms with E-state index < -0.39 is 11.6 Å². The van der Waals surface area contributed by atoms with Gasteiger partial charge in [-0.05, 0) is 31.7 Å². The maximum atomic E-state index is 12.4. The van der Waals surface area contributed by atoms with Crippen molar-refractivity contribution in [2.45, 2.75) is 38.8 Å². The zero-order valence-electron chi connectivity index (χ0n) is 10.2. The van der Waals surface area contributed by atoms with Crippen LogP contribution in [0.1, 0.15) is 27.2 Å². The molecule has 92 valence electrons. The minimum absolute atomic E-state index is 0.0534. The molecule has 1 N–H and O–H groups in total. The SMILES string of the molecule is CCC1C(=O)NC(C)(C)C(=O)N1c1ccsc1. The maximum absolute atomic E-state index is 12.4. The third-order valence-electron chi connectivity index (χ3n) is 2.97. The average molecular weight is 252 g/mol. The van der Waals surface area contributed by atoms with E-state index >= 15 is 0 Å². The van der Waals surface area contributed by atoms with Gasteiger partial charge in [-0.2, -0.15) is 11.3 Å². The summed E-state index contributed by atoms with van der Waals surface area (Å²) in [4.78, 5) is 26.0. The second-order valence-corrected chi connectivity index (χ2v) is 5.48. The fourth-order valence-electron chi connectivity index (χ4n) is 2.06. The lowest BCUT2D eigenvalue weighted by Gasteiger charge is -2.42. The Hall–Kier alpha value is -1.36. The summed E-state index contributed by atoms with van der Waals surface area (Å²) in [5, 5.41) is 6.58. The van der Waals surface area contributed by atoms with Crippen LogP contribution in [0, 0.1) is 0 Å². The van der Waals surface area contributed by atoms with Gasteiger partial charge >= 0.3 is 0 Å². The van der Waals surface area contributed by atoms with Crippen LogP contribution in [0.3, 0.4) is 0 Å². The number of thiophene rings is 1. The van der Waals surface area contributed by atoms with Crippen LogP contribution < -0.4 is 10.2 Å². The Kier molecular flexibility index (Phi) is 2.95. The summed E-state index contributed by atoms with van der Waals surface area (Å²) in [6.07, 6.45) is 0.615. The van der Waals surface area contributed by atoms with Crippen LogP contribution in [-0.2, 0) is 9.59 Å². The molecule has 17 heavy (non-hydrogen) atoms. The lowest BCUT2D eigenvalue weighted by Crippen LogP contribution is -2.68. The molecular formula is C12H16N2O2S. The van der Waals surface area contributed by atoms with Gasteiger partial charge in [0.05, 0.1) is 5.69 Å². The van der Waals surface area contributed by atoms with E-state index in [1.807, 2.05) is 23.8 Å². The summed E-state index contributed by atoms with van der Waals surface area (Å²) in [5.41, 5.74) is -0.0141. The molecule has 0 bridgehead atoms. The third kappa shape index (κ3) is 1.95. The zero-order valence-corrected chi connectivity index (χ0v) is 11.0. The first-order chi connectivity index (χ1) is 7.97. The smallest absolute Gasteiger partial charge is 0.252 e. The Balaban J connectivity index is 2.43. The topological polar surface area (TPSA) is 49.4 Å². The van der Waals surface area contributed by atoms with E-state index in [0.29, 0.717) is 6.42 Å². The number of rotatable bonds is 2. The molecule has 0 aliphatic carbocycles. The van der Waals surface area contributed by atoms with Gasteiger partial charge in [0.15, 0.2) is 0 Å². The second kappa shape index (κ2) is 4.14. The van der Waals surface area contributed by atoms with Gasteiger partial charge in [-0.3, -0.25) is 14.5 Å². The third-order valence-corrected chi connectivity index (χ3v) is 3.65. The Morgan fingerprint density at radius 1 is 1.47 bits per heavy atom. The van der Waals surface area contributed by atoms with Crippen LogP contribution in [0.4, 0.5) is 5.69 Å². The minimum atomic E-state index is -0.829. The highest BCUT2D eigenvalue weighted by Gasteiger charge is 2.45. The van der Waals surface area contributed by atoms with Crippen LogP contribution >= 0.6 is 11.3 Å². The highest BCUT2D eigenvalue weighted by atomic mass is 32.1. The van der Waals surface area contributed by atoms with Crippen molar-refractivity contribution in [3.63, 3.8) is 0 Å². The van der Waals surface area contributed by atoms with Gasteiger partial charge in [0.25, 0.3) is 5.91 Å². The van der Waals surface area contributed by atoms with Gasteiger partial charge < -0.3 is 5.32 Å². The molecule has 0 radical (unpaired) electrons. The molecule has 0 aromatic carbocycles. The molecule has 0 saturated carbocycles. The molecule has 1 aliphatic rings. The highest BCUT2D eigenvalue weighted by Crippen LogP contribution is 2.28. The molecule has 5 heteroatoms. The first-order valence-corrected chi connectivity index (χ1v) is 6.59. The average Bonchev–Trinajstić information content (AvgIpc) is 2.75. The standard InChI is InChI=1S/C12H16N2O2S/c1-4-9-10(15)13-12(2,3)11(16)14(9)8-5-6-17-7-8/h5-7,9H,4H2,1-3H3,(H,13,15). The molecule has 1 atom stereocenters. The van der Waals surface area contributed by atoms with E-state index in [1.165, 1.54) is 11.3 Å². The quantitative estimate of drug-likeness (QED) is 0.872. The number of amides is 2. The summed E-state index contributed by atoms with van der Waals surface area (Å²) < 4.78 is 0. The van der Waals surface area contributed by atoms with Crippen molar-refractivity contribution in [2.24, 2.45) is 0 Å². The summed E-state index contributed by atoms with van der Waals surface area (Å²) in [6, 6.07) is 1.48. The summed E-state index contributed by atoms with van der Waals surface area (Å²) >= 11 is 1.52. The van der Waals surface area contributed by atoms with E-state index in [-0.39, 0.29) is 11.8 Å². The molecule has 1 unspecified atom stereocenters. The molecule has 1 aromatic heterocycles. The Bertz CT molecular complexity index is 439. The molecule has 2 rings (SSSR count). The largest absolute Gasteiger partial charge is 0.340 e. The predicted molar refractivity (Wildman–Crippen MR) is 68.1 cm³/mol. The molecule has 1 aliphatic heterocycles. The van der Waals surface area contributed by atoms with Crippen LogP contribution in [0.2, 0.25) is 0 Å². The Morgan fingerprint density at radius 3 is 2.71 bits per heavy atom. The summed E-state index contributed by atoms with van der Waals surface area (Å²) in [7, 11) is 0. The predicted octanol–water partition coefficient (Wildman–Crippen LogP) is 1.77. The lowest BCUT2D eigenvalue weighted by molar-refractivity contribution is -0.137. The van der Waals surface area contributed by atoms with Crippen molar-refractivity contribution >= 4 is 28.8 Å². The van der Waals surface area contributed by atoms with E-state index in [9.17, 15) is 9.59 Å². The molecule has 2 amide bonds. The van der Waals surface area contributed by atoms with Crippen molar-refractivity contribution in [2.75, 3.05) is 4.90 Å². The van der Waals surface area contributed by atoms with Crippen molar-refractivity contribution in [1.29, 1.82) is 0 Å². The van der Waals surface area contributed by atoms with Gasteiger partial charge in [0, 0.05) is 5.38 Å². The van der Waals surface area contributed by atoms with E-state index in [4.69, 9.17) is 0 Å². The molecule has 4 nitrogen and oxygen atoms in total. The van der Waals surface area contributed by atoms with Gasteiger partial charge in [-0.1, -0.05) is 6.92 Å². The number of hydrogen-bond donors (Lipinski definition) is 1. The minimum Gasteiger partial charge on any atom is -0.340 e. The number of hydrogen-bond acceptors (Lipinski definition) is 3. The van der Waals surface area contributed by atoms with Gasteiger partial charge in [-0.15, -0.1) is 0 Å². The van der Waals surface area contributed by atoms with Gasteiger partial charge in [-0.25, -0.2) is 0 Å². The van der Waals surface area contributed by atoms with Crippen LogP contribution in [0.25, 0.3) is 0 Å². The maximum Gasteiger partial charge on any atom is 0.252 e. The summed E-state index contributed by atoms with van der Waals surface area (Å²) in [5.74, 6) is -0.134. The first-order valence-electron chi connectivity index (χ1n) is 5.65. The molecule has 1 aromatic rings. The number of anilines is 1. The van der Waals surface area contributed by atoms with Crippen molar-refractivity contribution in [1.82, 2.24) is 5.32 Å². The normalized spacial score (nSPS) is 23.7.